The summed E-state index contributed by atoms with van der Waals surface area (Å²) in [5, 5.41) is 6.33. The Morgan fingerprint density at radius 3 is 2.17 bits per heavy atom. The fraction of sp³-hybridized carbons (Fsp3) is 0.400. The predicted molar refractivity (Wildman–Crippen MR) is 83.0 cm³/mol. The van der Waals surface area contributed by atoms with Crippen molar-refractivity contribution < 1.29 is 23.8 Å². The monoisotopic (exact) mass is 321 g/mol. The zero-order valence-electron chi connectivity index (χ0n) is 13.2. The van der Waals surface area contributed by atoms with Gasteiger partial charge in [0.05, 0.1) is 27.5 Å². The first kappa shape index (κ1) is 16.6. The smallest absolute Gasteiger partial charge is 0.329 e. The second kappa shape index (κ2) is 7.48. The molecule has 1 fully saturated rings. The molecule has 1 aliphatic carbocycles. The van der Waals surface area contributed by atoms with E-state index in [0.717, 1.165) is 12.8 Å². The van der Waals surface area contributed by atoms with E-state index in [9.17, 15) is 9.59 Å². The van der Waals surface area contributed by atoms with Crippen molar-refractivity contribution in [2.45, 2.75) is 18.9 Å². The van der Waals surface area contributed by atoms with Crippen LogP contribution in [0.1, 0.15) is 18.4 Å². The molecule has 1 aromatic rings. The number of carbonyl (C=O) groups excluding carboxylic acids is 2. The first-order valence-electron chi connectivity index (χ1n) is 7.03. The zero-order valence-corrected chi connectivity index (χ0v) is 13.2. The molecule has 8 heteroatoms. The Bertz CT molecular complexity index is 601. The fourth-order valence-electron chi connectivity index (χ4n) is 1.87. The highest BCUT2D eigenvalue weighted by Crippen LogP contribution is 2.37. The molecule has 0 unspecified atom stereocenters. The van der Waals surface area contributed by atoms with Crippen LogP contribution in [0.5, 0.6) is 17.2 Å². The second-order valence-electron chi connectivity index (χ2n) is 4.91. The Kier molecular flexibility index (Phi) is 5.40. The Balaban J connectivity index is 2.03. The van der Waals surface area contributed by atoms with Gasteiger partial charge in [0.25, 0.3) is 0 Å². The molecule has 0 saturated heterocycles. The lowest BCUT2D eigenvalue weighted by atomic mass is 10.2. The molecule has 2 rings (SSSR count). The van der Waals surface area contributed by atoms with Crippen molar-refractivity contribution in [3.8, 4) is 17.2 Å². The first-order chi connectivity index (χ1) is 11.1. The summed E-state index contributed by atoms with van der Waals surface area (Å²) in [5.74, 6) is -0.104. The molecule has 2 N–H and O–H groups in total. The molecule has 2 amide bonds. The summed E-state index contributed by atoms with van der Waals surface area (Å²) in [6.07, 6.45) is 3.20. The topological polar surface area (TPSA) is 98.2 Å². The van der Waals surface area contributed by atoms with E-state index >= 15 is 0 Å². The summed E-state index contributed by atoms with van der Waals surface area (Å²) in [5.41, 5.74) is 2.79. The van der Waals surface area contributed by atoms with E-state index in [4.69, 9.17) is 14.2 Å². The molecular formula is C15H19N3O5. The minimum absolute atomic E-state index is 0.118. The number of rotatable bonds is 6. The quantitative estimate of drug-likeness (QED) is 0.450. The van der Waals surface area contributed by atoms with Crippen molar-refractivity contribution in [3.63, 3.8) is 0 Å². The van der Waals surface area contributed by atoms with Crippen LogP contribution in [0.2, 0.25) is 0 Å². The van der Waals surface area contributed by atoms with Crippen molar-refractivity contribution >= 4 is 18.0 Å². The maximum Gasteiger partial charge on any atom is 0.329 e. The van der Waals surface area contributed by atoms with E-state index in [1.165, 1.54) is 27.5 Å². The van der Waals surface area contributed by atoms with Crippen molar-refractivity contribution in [2.24, 2.45) is 5.10 Å². The molecule has 1 aliphatic rings. The Labute approximate surface area is 133 Å². The normalized spacial score (nSPS) is 13.5. The number of carbonyl (C=O) groups is 2. The molecule has 0 aliphatic heterocycles. The van der Waals surface area contributed by atoms with E-state index in [1.807, 2.05) is 0 Å². The number of benzene rings is 1. The number of ether oxygens (including phenoxy) is 3. The molecule has 0 aromatic heterocycles. The largest absolute Gasteiger partial charge is 0.493 e. The minimum Gasteiger partial charge on any atom is -0.493 e. The summed E-state index contributed by atoms with van der Waals surface area (Å²) in [6, 6.07) is 3.45. The molecule has 23 heavy (non-hydrogen) atoms. The van der Waals surface area contributed by atoms with Crippen LogP contribution in [-0.2, 0) is 9.59 Å². The van der Waals surface area contributed by atoms with Crippen LogP contribution < -0.4 is 25.0 Å². The average molecular weight is 321 g/mol. The Morgan fingerprint density at radius 2 is 1.70 bits per heavy atom. The van der Waals surface area contributed by atoms with E-state index in [-0.39, 0.29) is 6.04 Å². The van der Waals surface area contributed by atoms with Gasteiger partial charge in [-0.25, -0.2) is 5.43 Å². The predicted octanol–water partition coefficient (Wildman–Crippen LogP) is 0.441. The van der Waals surface area contributed by atoms with Gasteiger partial charge in [0.15, 0.2) is 11.5 Å². The summed E-state index contributed by atoms with van der Waals surface area (Å²) in [6.45, 7) is 0. The summed E-state index contributed by atoms with van der Waals surface area (Å²) in [7, 11) is 4.51. The van der Waals surface area contributed by atoms with Crippen molar-refractivity contribution in [1.82, 2.24) is 10.7 Å². The van der Waals surface area contributed by atoms with Crippen LogP contribution in [0.3, 0.4) is 0 Å². The number of hydrazone groups is 1. The zero-order chi connectivity index (χ0) is 16.8. The summed E-state index contributed by atoms with van der Waals surface area (Å²) < 4.78 is 15.6. The number of nitrogens with zero attached hydrogens (tertiary/aromatic N) is 1. The third kappa shape index (κ3) is 4.35. The van der Waals surface area contributed by atoms with Gasteiger partial charge in [-0.05, 0) is 25.0 Å². The number of methoxy groups -OCH3 is 3. The number of amides is 2. The summed E-state index contributed by atoms with van der Waals surface area (Å²) >= 11 is 0. The maximum absolute atomic E-state index is 11.5. The summed E-state index contributed by atoms with van der Waals surface area (Å²) in [4.78, 5) is 23.0. The van der Waals surface area contributed by atoms with E-state index < -0.39 is 11.8 Å². The van der Waals surface area contributed by atoms with Gasteiger partial charge in [0.1, 0.15) is 0 Å². The lowest BCUT2D eigenvalue weighted by Gasteiger charge is -2.12. The third-order valence-corrected chi connectivity index (χ3v) is 3.19. The van der Waals surface area contributed by atoms with Crippen LogP contribution in [0.4, 0.5) is 0 Å². The van der Waals surface area contributed by atoms with Gasteiger partial charge >= 0.3 is 11.8 Å². The highest BCUT2D eigenvalue weighted by atomic mass is 16.5. The molecule has 0 spiro atoms. The van der Waals surface area contributed by atoms with Crippen LogP contribution in [0, 0.1) is 0 Å². The van der Waals surface area contributed by atoms with Crippen LogP contribution in [-0.4, -0.2) is 45.4 Å². The molecular weight excluding hydrogens is 302 g/mol. The van der Waals surface area contributed by atoms with E-state index in [0.29, 0.717) is 22.8 Å². The lowest BCUT2D eigenvalue weighted by molar-refractivity contribution is -0.139. The maximum atomic E-state index is 11.5. The van der Waals surface area contributed by atoms with E-state index in [2.05, 4.69) is 15.8 Å². The SMILES string of the molecule is COc1cc(/C=N/NC(=O)C(=O)NC2CC2)cc(OC)c1OC. The minimum atomic E-state index is -0.805. The molecule has 0 atom stereocenters. The van der Waals surface area contributed by atoms with Gasteiger partial charge in [0, 0.05) is 11.6 Å². The van der Waals surface area contributed by atoms with Gasteiger partial charge in [-0.2, -0.15) is 5.10 Å². The number of hydrogen-bond donors (Lipinski definition) is 2. The molecule has 124 valence electrons. The van der Waals surface area contributed by atoms with Crippen LogP contribution >= 0.6 is 0 Å². The highest BCUT2D eigenvalue weighted by molar-refractivity contribution is 6.35. The highest BCUT2D eigenvalue weighted by Gasteiger charge is 2.26. The van der Waals surface area contributed by atoms with Gasteiger partial charge < -0.3 is 19.5 Å². The standard InChI is InChI=1S/C15H19N3O5/c1-21-11-6-9(7-12(22-2)13(11)23-3)8-16-18-15(20)14(19)17-10-4-5-10/h6-8,10H,4-5H2,1-3H3,(H,17,19)(H,18,20)/b16-8+. The fourth-order valence-corrected chi connectivity index (χ4v) is 1.87. The second-order valence-corrected chi connectivity index (χ2v) is 4.91. The molecule has 0 radical (unpaired) electrons. The average Bonchev–Trinajstić information content (AvgIpc) is 3.37. The Morgan fingerprint density at radius 1 is 1.09 bits per heavy atom. The Hall–Kier alpha value is -2.77. The van der Waals surface area contributed by atoms with Gasteiger partial charge in [0.2, 0.25) is 5.75 Å². The third-order valence-electron chi connectivity index (χ3n) is 3.19. The molecule has 1 saturated carbocycles. The van der Waals surface area contributed by atoms with Crippen molar-refractivity contribution in [3.05, 3.63) is 17.7 Å². The number of nitrogens with one attached hydrogen (secondary N) is 2. The van der Waals surface area contributed by atoms with Gasteiger partial charge in [-0.15, -0.1) is 0 Å². The van der Waals surface area contributed by atoms with Gasteiger partial charge in [-0.3, -0.25) is 9.59 Å². The first-order valence-corrected chi connectivity index (χ1v) is 7.03. The molecule has 0 bridgehead atoms. The molecule has 8 nitrogen and oxygen atoms in total. The van der Waals surface area contributed by atoms with Gasteiger partial charge in [-0.1, -0.05) is 0 Å². The van der Waals surface area contributed by atoms with Crippen molar-refractivity contribution in [2.75, 3.05) is 21.3 Å². The van der Waals surface area contributed by atoms with E-state index in [1.54, 1.807) is 12.1 Å². The van der Waals surface area contributed by atoms with Crippen LogP contribution in [0.25, 0.3) is 0 Å². The van der Waals surface area contributed by atoms with Crippen molar-refractivity contribution in [1.29, 1.82) is 0 Å². The molecule has 1 aromatic carbocycles. The van der Waals surface area contributed by atoms with Crippen LogP contribution in [0.15, 0.2) is 17.2 Å². The lowest BCUT2D eigenvalue weighted by Crippen LogP contribution is -2.38. The molecule has 0 heterocycles. The number of hydrogen-bond acceptors (Lipinski definition) is 6.